The van der Waals surface area contributed by atoms with E-state index in [4.69, 9.17) is 10.5 Å². The van der Waals surface area contributed by atoms with E-state index in [1.54, 1.807) is 0 Å². The summed E-state index contributed by atoms with van der Waals surface area (Å²) in [6.45, 7) is 1.43. The highest BCUT2D eigenvalue weighted by Crippen LogP contribution is 2.29. The van der Waals surface area contributed by atoms with E-state index in [1.807, 2.05) is 0 Å². The van der Waals surface area contributed by atoms with Gasteiger partial charge in [0, 0.05) is 11.8 Å². The summed E-state index contributed by atoms with van der Waals surface area (Å²) in [5.41, 5.74) is 5.30. The molecule has 0 fully saturated rings. The maximum Gasteiger partial charge on any atom is 0.416 e. The number of ether oxygens (including phenoxy) is 1. The summed E-state index contributed by atoms with van der Waals surface area (Å²) in [4.78, 5) is 11.1. The van der Waals surface area contributed by atoms with Gasteiger partial charge in [0.2, 0.25) is 0 Å². The van der Waals surface area contributed by atoms with Crippen LogP contribution in [0.5, 0.6) is 0 Å². The van der Waals surface area contributed by atoms with Crippen LogP contribution in [-0.4, -0.2) is 5.97 Å². The first-order valence-corrected chi connectivity index (χ1v) is 5.05. The number of esters is 1. The van der Waals surface area contributed by atoms with Gasteiger partial charge in [0.15, 0.2) is 0 Å². The molecule has 0 heterocycles. The molecule has 0 aliphatic carbocycles. The first-order valence-electron chi connectivity index (χ1n) is 5.05. The summed E-state index contributed by atoms with van der Waals surface area (Å²) in [5, 5.41) is 0. The number of hydrogen-bond donors (Lipinski definition) is 1. The average molecular weight is 259 g/mol. The van der Waals surface area contributed by atoms with E-state index < -0.39 is 17.7 Å². The highest BCUT2D eigenvalue weighted by molar-refractivity contribution is 5.82. The molecule has 0 aromatic heterocycles. The second kappa shape index (κ2) is 5.57. The summed E-state index contributed by atoms with van der Waals surface area (Å²) >= 11 is 0. The molecule has 1 aromatic carbocycles. The van der Waals surface area contributed by atoms with Gasteiger partial charge < -0.3 is 10.5 Å². The molecule has 0 atom stereocenters. The molecular weight excluding hydrogens is 247 g/mol. The third-order valence-electron chi connectivity index (χ3n) is 2.01. The first kappa shape index (κ1) is 14.1. The van der Waals surface area contributed by atoms with Crippen LogP contribution in [0, 0.1) is 0 Å². The van der Waals surface area contributed by atoms with Crippen molar-refractivity contribution >= 4 is 5.97 Å². The Kier molecular flexibility index (Phi) is 4.36. The smallest absolute Gasteiger partial charge is 0.416 e. The van der Waals surface area contributed by atoms with Crippen LogP contribution in [0.3, 0.4) is 0 Å². The number of carbonyl (C=O) groups is 1. The van der Waals surface area contributed by atoms with Crippen LogP contribution < -0.4 is 5.73 Å². The molecule has 0 radical (unpaired) electrons. The highest BCUT2D eigenvalue weighted by atomic mass is 19.4. The summed E-state index contributed by atoms with van der Waals surface area (Å²) in [5.74, 6) is -0.630. The predicted molar refractivity (Wildman–Crippen MR) is 59.2 cm³/mol. The number of halogens is 3. The van der Waals surface area contributed by atoms with Crippen molar-refractivity contribution in [3.8, 4) is 0 Å². The van der Waals surface area contributed by atoms with E-state index in [2.05, 4.69) is 0 Å². The molecule has 2 N–H and O–H groups in total. The van der Waals surface area contributed by atoms with E-state index >= 15 is 0 Å². The lowest BCUT2D eigenvalue weighted by molar-refractivity contribution is -0.139. The monoisotopic (exact) mass is 259 g/mol. The molecule has 0 saturated heterocycles. The number of benzene rings is 1. The number of nitrogens with two attached hydrogens (primary N) is 1. The first-order chi connectivity index (χ1) is 8.29. The Morgan fingerprint density at radius 1 is 1.33 bits per heavy atom. The summed E-state index contributed by atoms with van der Waals surface area (Å²) in [7, 11) is 0. The second-order valence-electron chi connectivity index (χ2n) is 3.69. The SMILES string of the molecule is CC(N)=CC(=O)OCc1ccc(C(F)(F)F)cc1. The molecule has 98 valence electrons. The zero-order valence-electron chi connectivity index (χ0n) is 9.62. The van der Waals surface area contributed by atoms with E-state index in [9.17, 15) is 18.0 Å². The van der Waals surface area contributed by atoms with Gasteiger partial charge in [0.05, 0.1) is 5.56 Å². The van der Waals surface area contributed by atoms with Crippen LogP contribution in [0.1, 0.15) is 18.1 Å². The van der Waals surface area contributed by atoms with Crippen molar-refractivity contribution in [2.75, 3.05) is 0 Å². The van der Waals surface area contributed by atoms with Crippen LogP contribution in [0.15, 0.2) is 36.0 Å². The van der Waals surface area contributed by atoms with Crippen molar-refractivity contribution < 1.29 is 22.7 Å². The van der Waals surface area contributed by atoms with Crippen LogP contribution in [0.2, 0.25) is 0 Å². The molecular formula is C12H12F3NO2. The van der Waals surface area contributed by atoms with E-state index in [0.717, 1.165) is 18.2 Å². The molecule has 0 amide bonds. The quantitative estimate of drug-likeness (QED) is 0.670. The number of alkyl halides is 3. The topological polar surface area (TPSA) is 52.3 Å². The zero-order chi connectivity index (χ0) is 13.8. The Morgan fingerprint density at radius 3 is 2.33 bits per heavy atom. The van der Waals surface area contributed by atoms with Crippen molar-refractivity contribution in [2.45, 2.75) is 19.7 Å². The van der Waals surface area contributed by atoms with E-state index in [0.29, 0.717) is 11.3 Å². The standard InChI is InChI=1S/C12H12F3NO2/c1-8(16)6-11(17)18-7-9-2-4-10(5-3-9)12(13,14)15/h2-6H,7,16H2,1H3. The van der Waals surface area contributed by atoms with Gasteiger partial charge in [-0.15, -0.1) is 0 Å². The van der Waals surface area contributed by atoms with Crippen LogP contribution >= 0.6 is 0 Å². The molecule has 6 heteroatoms. The van der Waals surface area contributed by atoms with Gasteiger partial charge in [0.1, 0.15) is 6.61 Å². The second-order valence-corrected chi connectivity index (χ2v) is 3.69. The van der Waals surface area contributed by atoms with Crippen molar-refractivity contribution in [2.24, 2.45) is 5.73 Å². The lowest BCUT2D eigenvalue weighted by Crippen LogP contribution is -2.06. The Balaban J connectivity index is 2.60. The minimum absolute atomic E-state index is 0.0965. The maximum absolute atomic E-state index is 12.3. The fourth-order valence-electron chi connectivity index (χ4n) is 1.17. The molecule has 1 rings (SSSR count). The van der Waals surface area contributed by atoms with Gasteiger partial charge in [-0.25, -0.2) is 4.79 Å². The molecule has 0 aliphatic rings. The molecule has 0 unspecified atom stereocenters. The molecule has 0 bridgehead atoms. The minimum Gasteiger partial charge on any atom is -0.458 e. The number of rotatable bonds is 3. The van der Waals surface area contributed by atoms with Crippen LogP contribution in [0.25, 0.3) is 0 Å². The number of hydrogen-bond acceptors (Lipinski definition) is 3. The van der Waals surface area contributed by atoms with Gasteiger partial charge in [-0.05, 0) is 24.6 Å². The van der Waals surface area contributed by atoms with Gasteiger partial charge in [-0.3, -0.25) is 0 Å². The van der Waals surface area contributed by atoms with Gasteiger partial charge >= 0.3 is 12.1 Å². The predicted octanol–water partition coefficient (Wildman–Crippen LogP) is 2.61. The number of carbonyl (C=O) groups excluding carboxylic acids is 1. The van der Waals surface area contributed by atoms with Gasteiger partial charge in [-0.2, -0.15) is 13.2 Å². The lowest BCUT2D eigenvalue weighted by Gasteiger charge is -2.07. The largest absolute Gasteiger partial charge is 0.458 e. The summed E-state index contributed by atoms with van der Waals surface area (Å²) in [6, 6.07) is 4.39. The summed E-state index contributed by atoms with van der Waals surface area (Å²) < 4.78 is 41.6. The third kappa shape index (κ3) is 4.48. The normalized spacial score (nSPS) is 12.3. The van der Waals surface area contributed by atoms with Crippen molar-refractivity contribution in [1.82, 2.24) is 0 Å². The van der Waals surface area contributed by atoms with Crippen molar-refractivity contribution in [3.05, 3.63) is 47.2 Å². The van der Waals surface area contributed by atoms with Crippen molar-refractivity contribution in [3.63, 3.8) is 0 Å². The highest BCUT2D eigenvalue weighted by Gasteiger charge is 2.29. The Morgan fingerprint density at radius 2 is 1.89 bits per heavy atom. The minimum atomic E-state index is -4.37. The Labute approximate surface area is 102 Å². The third-order valence-corrected chi connectivity index (χ3v) is 2.01. The zero-order valence-corrected chi connectivity index (χ0v) is 9.62. The average Bonchev–Trinajstić information content (AvgIpc) is 2.25. The molecule has 1 aromatic rings. The van der Waals surface area contributed by atoms with Crippen LogP contribution in [-0.2, 0) is 22.3 Å². The van der Waals surface area contributed by atoms with Gasteiger partial charge in [-0.1, -0.05) is 12.1 Å². The Bertz CT molecular complexity index is 445. The molecule has 0 aliphatic heterocycles. The van der Waals surface area contributed by atoms with Gasteiger partial charge in [0.25, 0.3) is 0 Å². The fourth-order valence-corrected chi connectivity index (χ4v) is 1.17. The van der Waals surface area contributed by atoms with Crippen molar-refractivity contribution in [1.29, 1.82) is 0 Å². The molecule has 3 nitrogen and oxygen atoms in total. The van der Waals surface area contributed by atoms with Crippen LogP contribution in [0.4, 0.5) is 13.2 Å². The molecule has 0 spiro atoms. The molecule has 0 saturated carbocycles. The molecule has 18 heavy (non-hydrogen) atoms. The maximum atomic E-state index is 12.3. The van der Waals surface area contributed by atoms with E-state index in [1.165, 1.54) is 19.1 Å². The Hall–Kier alpha value is -1.98. The fraction of sp³-hybridized carbons (Fsp3) is 0.250. The summed E-state index contributed by atoms with van der Waals surface area (Å²) in [6.07, 6.45) is -3.27. The number of allylic oxidation sites excluding steroid dienone is 1. The van der Waals surface area contributed by atoms with E-state index in [-0.39, 0.29) is 6.61 Å². The lowest BCUT2D eigenvalue weighted by atomic mass is 10.1.